The molecule has 0 aromatic heterocycles. The first-order chi connectivity index (χ1) is 14.3. The van der Waals surface area contributed by atoms with Crippen LogP contribution in [0.1, 0.15) is 30.9 Å². The fourth-order valence-electron chi connectivity index (χ4n) is 3.81. The number of amides is 1. The minimum absolute atomic E-state index is 0.219. The van der Waals surface area contributed by atoms with Crippen LogP contribution in [0.4, 0.5) is 10.1 Å². The van der Waals surface area contributed by atoms with Gasteiger partial charge in [-0.25, -0.2) is 4.39 Å². The molecule has 3 rings (SSSR count). The van der Waals surface area contributed by atoms with Gasteiger partial charge in [-0.05, 0) is 62.6 Å². The van der Waals surface area contributed by atoms with Gasteiger partial charge in [-0.1, -0.05) is 17.7 Å². The molecule has 1 fully saturated rings. The molecule has 7 heteroatoms. The van der Waals surface area contributed by atoms with Gasteiger partial charge in [-0.2, -0.15) is 0 Å². The smallest absolute Gasteiger partial charge is 0.241 e. The number of benzene rings is 2. The Morgan fingerprint density at radius 2 is 2.00 bits per heavy atom. The summed E-state index contributed by atoms with van der Waals surface area (Å²) in [6.07, 6.45) is 1.57. The van der Waals surface area contributed by atoms with Gasteiger partial charge in [0.25, 0.3) is 0 Å². The first kappa shape index (κ1) is 22.5. The number of methoxy groups -OCH3 is 1. The second-order valence-electron chi connectivity index (χ2n) is 7.79. The first-order valence-electron chi connectivity index (χ1n) is 10.1. The van der Waals surface area contributed by atoms with E-state index in [-0.39, 0.29) is 17.1 Å². The van der Waals surface area contributed by atoms with E-state index >= 15 is 0 Å². The molecule has 0 bridgehead atoms. The zero-order valence-corrected chi connectivity index (χ0v) is 18.3. The van der Waals surface area contributed by atoms with Crippen molar-refractivity contribution in [1.29, 1.82) is 0 Å². The molecular formula is C23H28ClFN2O3. The van der Waals surface area contributed by atoms with Crippen molar-refractivity contribution in [1.82, 2.24) is 5.32 Å². The lowest BCUT2D eigenvalue weighted by Crippen LogP contribution is -2.48. The molecule has 1 heterocycles. The molecule has 1 atom stereocenters. The first-order valence-corrected chi connectivity index (χ1v) is 10.4. The van der Waals surface area contributed by atoms with Crippen molar-refractivity contribution < 1.29 is 18.7 Å². The summed E-state index contributed by atoms with van der Waals surface area (Å²) in [4.78, 5) is 12.7. The third-order valence-electron chi connectivity index (χ3n) is 5.78. The van der Waals surface area contributed by atoms with E-state index in [2.05, 4.69) is 10.6 Å². The average molecular weight is 435 g/mol. The quantitative estimate of drug-likeness (QED) is 0.675. The summed E-state index contributed by atoms with van der Waals surface area (Å²) in [6, 6.07) is 9.49. The molecule has 2 N–H and O–H groups in total. The zero-order valence-electron chi connectivity index (χ0n) is 17.6. The summed E-state index contributed by atoms with van der Waals surface area (Å²) in [5.41, 5.74) is 2.03. The SMILES string of the molecule is COc1ccc(Cl)cc1C1(CNC(C)C(=O)Nc2cc(F)ccc2C)CCOCC1. The summed E-state index contributed by atoms with van der Waals surface area (Å²) < 4.78 is 24.7. The summed E-state index contributed by atoms with van der Waals surface area (Å²) in [5.74, 6) is 0.172. The highest BCUT2D eigenvalue weighted by atomic mass is 35.5. The van der Waals surface area contributed by atoms with E-state index in [1.165, 1.54) is 12.1 Å². The number of hydrogen-bond acceptors (Lipinski definition) is 4. The van der Waals surface area contributed by atoms with Crippen LogP contribution in [0.25, 0.3) is 0 Å². The van der Waals surface area contributed by atoms with Gasteiger partial charge in [0.15, 0.2) is 0 Å². The Balaban J connectivity index is 1.75. The molecule has 0 spiro atoms. The zero-order chi connectivity index (χ0) is 21.7. The van der Waals surface area contributed by atoms with Gasteiger partial charge < -0.3 is 20.1 Å². The maximum atomic E-state index is 13.5. The van der Waals surface area contributed by atoms with Crippen LogP contribution in [0.5, 0.6) is 5.75 Å². The summed E-state index contributed by atoms with van der Waals surface area (Å²) >= 11 is 6.28. The summed E-state index contributed by atoms with van der Waals surface area (Å²) in [7, 11) is 1.64. The van der Waals surface area contributed by atoms with Gasteiger partial charge in [0.05, 0.1) is 13.2 Å². The predicted molar refractivity (Wildman–Crippen MR) is 117 cm³/mol. The van der Waals surface area contributed by atoms with Crippen molar-refractivity contribution in [2.45, 2.75) is 38.1 Å². The van der Waals surface area contributed by atoms with Gasteiger partial charge in [0, 0.05) is 41.4 Å². The molecule has 1 unspecified atom stereocenters. The maximum Gasteiger partial charge on any atom is 0.241 e. The fourth-order valence-corrected chi connectivity index (χ4v) is 3.98. The predicted octanol–water partition coefficient (Wildman–Crippen LogP) is 4.46. The van der Waals surface area contributed by atoms with Crippen molar-refractivity contribution in [2.24, 2.45) is 0 Å². The van der Waals surface area contributed by atoms with Crippen LogP contribution in [0.2, 0.25) is 5.02 Å². The van der Waals surface area contributed by atoms with E-state index in [0.717, 1.165) is 29.7 Å². The normalized spacial score (nSPS) is 16.7. The fraction of sp³-hybridized carbons (Fsp3) is 0.435. The van der Waals surface area contributed by atoms with E-state index in [9.17, 15) is 9.18 Å². The van der Waals surface area contributed by atoms with E-state index in [4.69, 9.17) is 21.1 Å². The molecule has 0 radical (unpaired) electrons. The van der Waals surface area contributed by atoms with Crippen LogP contribution < -0.4 is 15.4 Å². The number of anilines is 1. The van der Waals surface area contributed by atoms with E-state index in [1.54, 1.807) is 20.1 Å². The lowest BCUT2D eigenvalue weighted by atomic mass is 9.73. The van der Waals surface area contributed by atoms with Crippen LogP contribution in [0, 0.1) is 12.7 Å². The van der Waals surface area contributed by atoms with Crippen molar-refractivity contribution in [3.63, 3.8) is 0 Å². The second kappa shape index (κ2) is 9.77. The number of halogens is 2. The molecular weight excluding hydrogens is 407 g/mol. The highest BCUT2D eigenvalue weighted by Crippen LogP contribution is 2.40. The number of ether oxygens (including phenoxy) is 2. The van der Waals surface area contributed by atoms with Crippen molar-refractivity contribution in [2.75, 3.05) is 32.2 Å². The Morgan fingerprint density at radius 3 is 2.70 bits per heavy atom. The summed E-state index contributed by atoms with van der Waals surface area (Å²) in [6.45, 7) is 5.44. The number of hydrogen-bond donors (Lipinski definition) is 2. The standard InChI is InChI=1S/C23H28ClFN2O3/c1-15-4-6-18(25)13-20(15)27-22(28)16(2)26-14-23(8-10-30-11-9-23)19-12-17(24)5-7-21(19)29-3/h4-7,12-13,16,26H,8-11,14H2,1-3H3,(H,27,28). The molecule has 30 heavy (non-hydrogen) atoms. The van der Waals surface area contributed by atoms with Gasteiger partial charge in [-0.3, -0.25) is 4.79 Å². The molecule has 1 amide bonds. The molecule has 1 aliphatic rings. The Labute approximate surface area is 181 Å². The highest BCUT2D eigenvalue weighted by Gasteiger charge is 2.37. The Kier molecular flexibility index (Phi) is 7.34. The number of carbonyl (C=O) groups excluding carboxylic acids is 1. The Morgan fingerprint density at radius 1 is 1.27 bits per heavy atom. The molecule has 5 nitrogen and oxygen atoms in total. The Bertz CT molecular complexity index is 900. The molecule has 0 saturated carbocycles. The molecule has 2 aromatic rings. The monoisotopic (exact) mass is 434 g/mol. The minimum Gasteiger partial charge on any atom is -0.496 e. The average Bonchev–Trinajstić information content (AvgIpc) is 2.75. The number of carbonyl (C=O) groups is 1. The van der Waals surface area contributed by atoms with Gasteiger partial charge in [-0.15, -0.1) is 0 Å². The highest BCUT2D eigenvalue weighted by molar-refractivity contribution is 6.30. The molecule has 0 aliphatic carbocycles. The topological polar surface area (TPSA) is 59.6 Å². The maximum absolute atomic E-state index is 13.5. The molecule has 162 valence electrons. The number of rotatable bonds is 7. The van der Waals surface area contributed by atoms with Gasteiger partial charge >= 0.3 is 0 Å². The Hall–Kier alpha value is -2.15. The third kappa shape index (κ3) is 5.12. The van der Waals surface area contributed by atoms with Gasteiger partial charge in [0.1, 0.15) is 11.6 Å². The second-order valence-corrected chi connectivity index (χ2v) is 8.22. The van der Waals surface area contributed by atoms with E-state index in [1.807, 2.05) is 25.1 Å². The largest absolute Gasteiger partial charge is 0.496 e. The van der Waals surface area contributed by atoms with Crippen molar-refractivity contribution >= 4 is 23.2 Å². The van der Waals surface area contributed by atoms with Gasteiger partial charge in [0.2, 0.25) is 5.91 Å². The van der Waals surface area contributed by atoms with E-state index in [0.29, 0.717) is 30.5 Å². The van der Waals surface area contributed by atoms with E-state index < -0.39 is 6.04 Å². The number of aryl methyl sites for hydroxylation is 1. The molecule has 2 aromatic carbocycles. The van der Waals surface area contributed by atoms with Crippen molar-refractivity contribution in [3.05, 3.63) is 58.4 Å². The minimum atomic E-state index is -0.474. The lowest BCUT2D eigenvalue weighted by Gasteiger charge is -2.39. The summed E-state index contributed by atoms with van der Waals surface area (Å²) in [5, 5.41) is 6.81. The molecule has 1 saturated heterocycles. The molecule has 1 aliphatic heterocycles. The lowest BCUT2D eigenvalue weighted by molar-refractivity contribution is -0.117. The van der Waals surface area contributed by atoms with Crippen LogP contribution >= 0.6 is 11.6 Å². The van der Waals surface area contributed by atoms with Crippen molar-refractivity contribution in [3.8, 4) is 5.75 Å². The number of nitrogens with one attached hydrogen (secondary N) is 2. The van der Waals surface area contributed by atoms with Crippen LogP contribution in [-0.4, -0.2) is 38.8 Å². The van der Waals surface area contributed by atoms with Crippen LogP contribution in [0.15, 0.2) is 36.4 Å². The van der Waals surface area contributed by atoms with Crippen LogP contribution in [0.3, 0.4) is 0 Å². The third-order valence-corrected chi connectivity index (χ3v) is 6.02. The van der Waals surface area contributed by atoms with Crippen LogP contribution in [-0.2, 0) is 14.9 Å².